The molecule has 8 heteroatoms. The van der Waals surface area contributed by atoms with Crippen molar-refractivity contribution in [3.05, 3.63) is 41.8 Å². The fourth-order valence-corrected chi connectivity index (χ4v) is 3.73. The first-order valence-electron chi connectivity index (χ1n) is 8.39. The van der Waals surface area contributed by atoms with Gasteiger partial charge in [-0.1, -0.05) is 42.6 Å². The van der Waals surface area contributed by atoms with E-state index in [0.717, 1.165) is 23.7 Å². The summed E-state index contributed by atoms with van der Waals surface area (Å²) in [7, 11) is 0. The third-order valence-corrected chi connectivity index (χ3v) is 5.20. The molecule has 0 bridgehead atoms. The van der Waals surface area contributed by atoms with Crippen molar-refractivity contribution in [3.8, 4) is 11.4 Å². The van der Waals surface area contributed by atoms with Crippen LogP contribution in [0.4, 0.5) is 4.39 Å². The van der Waals surface area contributed by atoms with Crippen LogP contribution in [0.1, 0.15) is 37.4 Å². The van der Waals surface area contributed by atoms with Gasteiger partial charge in [0.2, 0.25) is 16.9 Å². The third-order valence-electron chi connectivity index (χ3n) is 4.36. The number of aromatic nitrogens is 5. The number of hydrogen-bond donors (Lipinski definition) is 1. The Hall–Kier alpha value is -2.22. The summed E-state index contributed by atoms with van der Waals surface area (Å²) in [5, 5.41) is 11.9. The molecule has 2 aromatic heterocycles. The lowest BCUT2D eigenvalue weighted by Crippen LogP contribution is -2.00. The van der Waals surface area contributed by atoms with E-state index in [1.54, 1.807) is 12.1 Å². The summed E-state index contributed by atoms with van der Waals surface area (Å²) in [5.41, 5.74) is 0.721. The normalized spacial score (nSPS) is 15.1. The van der Waals surface area contributed by atoms with Crippen LogP contribution in [0.25, 0.3) is 11.4 Å². The highest BCUT2D eigenvalue weighted by Gasteiger charge is 2.18. The maximum absolute atomic E-state index is 13.0. The molecule has 1 aromatic carbocycles. The SMILES string of the molecule is Fc1ccc(-c2noc(CSc3n[nH]c(CC4CCCC4)n3)n2)cc1. The monoisotopic (exact) mass is 359 g/mol. The van der Waals surface area contributed by atoms with Crippen LogP contribution in [-0.4, -0.2) is 25.3 Å². The Labute approximate surface area is 148 Å². The van der Waals surface area contributed by atoms with Crippen LogP contribution in [0.2, 0.25) is 0 Å². The number of rotatable bonds is 6. The van der Waals surface area contributed by atoms with E-state index in [4.69, 9.17) is 4.52 Å². The summed E-state index contributed by atoms with van der Waals surface area (Å²) in [6.07, 6.45) is 6.21. The van der Waals surface area contributed by atoms with E-state index in [2.05, 4.69) is 25.3 Å². The summed E-state index contributed by atoms with van der Waals surface area (Å²) >= 11 is 1.45. The van der Waals surface area contributed by atoms with Gasteiger partial charge in [0.1, 0.15) is 11.6 Å². The molecule has 1 saturated carbocycles. The molecule has 0 spiro atoms. The average Bonchev–Trinajstić information content (AvgIpc) is 3.36. The van der Waals surface area contributed by atoms with Crippen molar-refractivity contribution in [3.63, 3.8) is 0 Å². The van der Waals surface area contributed by atoms with E-state index in [1.807, 2.05) is 0 Å². The molecule has 0 aliphatic heterocycles. The van der Waals surface area contributed by atoms with Crippen molar-refractivity contribution in [1.82, 2.24) is 25.3 Å². The lowest BCUT2D eigenvalue weighted by molar-refractivity contribution is 0.391. The van der Waals surface area contributed by atoms with Crippen LogP contribution in [0, 0.1) is 11.7 Å². The fourth-order valence-electron chi connectivity index (χ4n) is 3.08. The number of aromatic amines is 1. The Bertz CT molecular complexity index is 826. The lowest BCUT2D eigenvalue weighted by atomic mass is 10.0. The van der Waals surface area contributed by atoms with Crippen molar-refractivity contribution < 1.29 is 8.91 Å². The van der Waals surface area contributed by atoms with E-state index in [9.17, 15) is 4.39 Å². The number of halogens is 1. The predicted octanol–water partition coefficient (Wildman–Crippen LogP) is 4.02. The highest BCUT2D eigenvalue weighted by molar-refractivity contribution is 7.98. The van der Waals surface area contributed by atoms with Gasteiger partial charge >= 0.3 is 0 Å². The number of nitrogens with zero attached hydrogens (tertiary/aromatic N) is 4. The Kier molecular flexibility index (Phi) is 4.78. The minimum absolute atomic E-state index is 0.291. The van der Waals surface area contributed by atoms with Gasteiger partial charge in [-0.15, -0.1) is 5.10 Å². The molecule has 1 aliphatic carbocycles. The van der Waals surface area contributed by atoms with E-state index in [0.29, 0.717) is 22.6 Å². The molecule has 0 saturated heterocycles. The van der Waals surface area contributed by atoms with E-state index in [-0.39, 0.29) is 5.82 Å². The molecule has 0 atom stereocenters. The van der Waals surface area contributed by atoms with E-state index in [1.165, 1.54) is 49.6 Å². The van der Waals surface area contributed by atoms with Gasteiger partial charge in [-0.05, 0) is 30.2 Å². The molecule has 0 unspecified atom stereocenters. The van der Waals surface area contributed by atoms with Gasteiger partial charge in [-0.2, -0.15) is 4.98 Å². The number of nitrogens with one attached hydrogen (secondary N) is 1. The van der Waals surface area contributed by atoms with Gasteiger partial charge in [0.05, 0.1) is 5.75 Å². The van der Waals surface area contributed by atoms with Crippen LogP contribution in [-0.2, 0) is 12.2 Å². The first-order chi connectivity index (χ1) is 12.3. The molecule has 1 aliphatic rings. The summed E-state index contributed by atoms with van der Waals surface area (Å²) in [5.74, 6) is 2.83. The van der Waals surface area contributed by atoms with Crippen LogP contribution in [0.3, 0.4) is 0 Å². The van der Waals surface area contributed by atoms with Crippen LogP contribution >= 0.6 is 11.8 Å². The number of benzene rings is 1. The maximum Gasteiger partial charge on any atom is 0.237 e. The minimum atomic E-state index is -0.291. The second-order valence-corrected chi connectivity index (χ2v) is 7.17. The van der Waals surface area contributed by atoms with E-state index >= 15 is 0 Å². The standard InChI is InChI=1S/C17H18FN5OS/c18-13-7-5-12(6-8-13)16-20-15(24-23-16)10-25-17-19-14(21-22-17)9-11-3-1-2-4-11/h5-8,11H,1-4,9-10H2,(H,19,21,22). The molecule has 3 aromatic rings. The molecule has 25 heavy (non-hydrogen) atoms. The second-order valence-electron chi connectivity index (χ2n) is 6.23. The fraction of sp³-hybridized carbons (Fsp3) is 0.412. The molecular weight excluding hydrogens is 341 g/mol. The highest BCUT2D eigenvalue weighted by Crippen LogP contribution is 2.28. The van der Waals surface area contributed by atoms with Gasteiger partial charge in [0.25, 0.3) is 0 Å². The van der Waals surface area contributed by atoms with Crippen LogP contribution in [0.5, 0.6) is 0 Å². The molecule has 1 fully saturated rings. The molecule has 130 valence electrons. The largest absolute Gasteiger partial charge is 0.338 e. The van der Waals surface area contributed by atoms with E-state index < -0.39 is 0 Å². The highest BCUT2D eigenvalue weighted by atomic mass is 32.2. The van der Waals surface area contributed by atoms with Gasteiger partial charge < -0.3 is 4.52 Å². The van der Waals surface area contributed by atoms with Crippen molar-refractivity contribution >= 4 is 11.8 Å². The number of hydrogen-bond acceptors (Lipinski definition) is 6. The van der Waals surface area contributed by atoms with Gasteiger partial charge in [-0.3, -0.25) is 5.10 Å². The third kappa shape index (κ3) is 4.07. The molecular formula is C17H18FN5OS. The smallest absolute Gasteiger partial charge is 0.237 e. The Morgan fingerprint density at radius 2 is 1.96 bits per heavy atom. The van der Waals surface area contributed by atoms with Crippen molar-refractivity contribution in [1.29, 1.82) is 0 Å². The van der Waals surface area contributed by atoms with Crippen molar-refractivity contribution in [2.75, 3.05) is 0 Å². The molecule has 2 heterocycles. The summed E-state index contributed by atoms with van der Waals surface area (Å²) in [6.45, 7) is 0. The summed E-state index contributed by atoms with van der Waals surface area (Å²) in [4.78, 5) is 8.86. The zero-order valence-corrected chi connectivity index (χ0v) is 14.4. The molecule has 1 N–H and O–H groups in total. The summed E-state index contributed by atoms with van der Waals surface area (Å²) in [6, 6.07) is 6.00. The van der Waals surface area contributed by atoms with Gasteiger partial charge in [-0.25, -0.2) is 9.37 Å². The maximum atomic E-state index is 13.0. The summed E-state index contributed by atoms with van der Waals surface area (Å²) < 4.78 is 18.2. The quantitative estimate of drug-likeness (QED) is 0.670. The molecule has 4 rings (SSSR count). The molecule has 6 nitrogen and oxygen atoms in total. The van der Waals surface area contributed by atoms with Crippen LogP contribution < -0.4 is 0 Å². The van der Waals surface area contributed by atoms with Gasteiger partial charge in [0, 0.05) is 12.0 Å². The topological polar surface area (TPSA) is 80.5 Å². The average molecular weight is 359 g/mol. The Balaban J connectivity index is 1.34. The minimum Gasteiger partial charge on any atom is -0.338 e. The van der Waals surface area contributed by atoms with Crippen molar-refractivity contribution in [2.24, 2.45) is 5.92 Å². The Morgan fingerprint density at radius 3 is 2.76 bits per heavy atom. The zero-order valence-electron chi connectivity index (χ0n) is 13.6. The van der Waals surface area contributed by atoms with Gasteiger partial charge in [0.15, 0.2) is 0 Å². The molecule has 0 radical (unpaired) electrons. The Morgan fingerprint density at radius 1 is 1.16 bits per heavy atom. The first-order valence-corrected chi connectivity index (χ1v) is 9.37. The van der Waals surface area contributed by atoms with Crippen molar-refractivity contribution in [2.45, 2.75) is 43.0 Å². The predicted molar refractivity (Wildman–Crippen MR) is 91.3 cm³/mol. The molecule has 0 amide bonds. The second kappa shape index (κ2) is 7.35. The lowest BCUT2D eigenvalue weighted by Gasteiger charge is -2.03. The first kappa shape index (κ1) is 16.3. The number of thioether (sulfide) groups is 1. The zero-order chi connectivity index (χ0) is 17.1. The number of H-pyrrole nitrogens is 1. The van der Waals surface area contributed by atoms with Crippen LogP contribution in [0.15, 0.2) is 33.9 Å².